The second-order valence-electron chi connectivity index (χ2n) is 4.67. The van der Waals surface area contributed by atoms with Crippen LogP contribution in [0.1, 0.15) is 13.3 Å². The molecule has 0 amide bonds. The van der Waals surface area contributed by atoms with E-state index >= 15 is 0 Å². The molecule has 1 aromatic carbocycles. The third kappa shape index (κ3) is 3.74. The van der Waals surface area contributed by atoms with E-state index in [4.69, 9.17) is 0 Å². The Hall–Kier alpha value is -2.05. The molecule has 21 heavy (non-hydrogen) atoms. The van der Waals surface area contributed by atoms with Crippen LogP contribution < -0.4 is 10.2 Å². The van der Waals surface area contributed by atoms with Crippen molar-refractivity contribution in [3.63, 3.8) is 0 Å². The van der Waals surface area contributed by atoms with Gasteiger partial charge in [0.1, 0.15) is 12.4 Å². The number of hydrogen-bond acceptors (Lipinski definition) is 4. The smallest absolute Gasteiger partial charge is 0.357 e. The Balaban J connectivity index is 2.54. The van der Waals surface area contributed by atoms with Crippen LogP contribution in [-0.2, 0) is 0 Å². The number of nitrogens with one attached hydrogen (secondary N) is 1. The Bertz CT molecular complexity index is 613. The van der Waals surface area contributed by atoms with Gasteiger partial charge in [-0.15, -0.1) is 0 Å². The summed E-state index contributed by atoms with van der Waals surface area (Å²) >= 11 is 0. The summed E-state index contributed by atoms with van der Waals surface area (Å²) in [7, 11) is 1.64. The van der Waals surface area contributed by atoms with E-state index in [1.165, 1.54) is 4.90 Å². The summed E-state index contributed by atoms with van der Waals surface area (Å²) in [5.41, 5.74) is 0.620. The molecule has 1 N–H and O–H groups in total. The first-order chi connectivity index (χ1) is 9.94. The Kier molecular flexibility index (Phi) is 4.50. The van der Waals surface area contributed by atoms with Crippen molar-refractivity contribution in [1.29, 1.82) is 0 Å². The number of anilines is 2. The van der Waals surface area contributed by atoms with Crippen LogP contribution in [0.5, 0.6) is 0 Å². The monoisotopic (exact) mass is 298 g/mol. The van der Waals surface area contributed by atoms with E-state index in [1.807, 2.05) is 6.92 Å². The molecule has 0 spiro atoms. The van der Waals surface area contributed by atoms with Crippen LogP contribution >= 0.6 is 0 Å². The zero-order valence-electron chi connectivity index (χ0n) is 11.9. The van der Waals surface area contributed by atoms with Crippen LogP contribution in [0.4, 0.5) is 24.9 Å². The predicted octanol–water partition coefficient (Wildman–Crippen LogP) is 3.45. The maximum atomic E-state index is 12.8. The molecule has 2 aromatic rings. The average Bonchev–Trinajstić information content (AvgIpc) is 2.44. The molecule has 0 aliphatic rings. The van der Waals surface area contributed by atoms with E-state index in [0.717, 1.165) is 0 Å². The van der Waals surface area contributed by atoms with Crippen LogP contribution in [0.3, 0.4) is 0 Å². The van der Waals surface area contributed by atoms with Crippen LogP contribution in [0.25, 0.3) is 10.9 Å². The number of halogens is 3. The molecule has 4 nitrogen and oxygen atoms in total. The van der Waals surface area contributed by atoms with Gasteiger partial charge < -0.3 is 10.2 Å². The van der Waals surface area contributed by atoms with Crippen molar-refractivity contribution in [2.75, 3.05) is 30.4 Å². The van der Waals surface area contributed by atoms with Gasteiger partial charge in [0.05, 0.1) is 5.52 Å². The summed E-state index contributed by atoms with van der Waals surface area (Å²) < 4.78 is 38.4. The molecule has 1 heterocycles. The van der Waals surface area contributed by atoms with Gasteiger partial charge in [-0.25, -0.2) is 4.98 Å². The molecule has 7 heteroatoms. The fourth-order valence-electron chi connectivity index (χ4n) is 2.16. The third-order valence-electron chi connectivity index (χ3n) is 2.97. The molecule has 0 bridgehead atoms. The number of alkyl halides is 3. The minimum Gasteiger partial charge on any atom is -0.357 e. The number of para-hydroxylation sites is 1. The fraction of sp³-hybridized carbons (Fsp3) is 0.429. The second-order valence-corrected chi connectivity index (χ2v) is 4.67. The van der Waals surface area contributed by atoms with Gasteiger partial charge in [-0.1, -0.05) is 19.1 Å². The first kappa shape index (κ1) is 15.3. The molecule has 0 saturated carbocycles. The van der Waals surface area contributed by atoms with Crippen molar-refractivity contribution in [2.45, 2.75) is 19.5 Å². The zero-order chi connectivity index (χ0) is 15.5. The number of hydrogen-bond donors (Lipinski definition) is 1. The molecule has 0 atom stereocenters. The van der Waals surface area contributed by atoms with Crippen molar-refractivity contribution < 1.29 is 13.2 Å². The highest BCUT2D eigenvalue weighted by Gasteiger charge is 2.31. The highest BCUT2D eigenvalue weighted by molar-refractivity contribution is 5.90. The first-order valence-corrected chi connectivity index (χ1v) is 6.71. The average molecular weight is 298 g/mol. The molecule has 114 valence electrons. The van der Waals surface area contributed by atoms with Gasteiger partial charge in [0, 0.05) is 19.0 Å². The lowest BCUT2D eigenvalue weighted by Crippen LogP contribution is -2.35. The Morgan fingerprint density at radius 3 is 2.52 bits per heavy atom. The molecule has 0 fully saturated rings. The molecule has 1 aromatic heterocycles. The minimum absolute atomic E-state index is 0.281. The largest absolute Gasteiger partial charge is 0.405 e. The number of fused-ring (bicyclic) bond motifs is 1. The molecule has 0 aliphatic heterocycles. The lowest BCUT2D eigenvalue weighted by atomic mass is 10.2. The number of aromatic nitrogens is 2. The van der Waals surface area contributed by atoms with E-state index in [1.54, 1.807) is 31.3 Å². The first-order valence-electron chi connectivity index (χ1n) is 6.71. The van der Waals surface area contributed by atoms with Gasteiger partial charge >= 0.3 is 6.18 Å². The minimum atomic E-state index is -4.28. The summed E-state index contributed by atoms with van der Waals surface area (Å²) in [6.45, 7) is 1.10. The van der Waals surface area contributed by atoms with Crippen molar-refractivity contribution in [2.24, 2.45) is 0 Å². The third-order valence-corrected chi connectivity index (χ3v) is 2.97. The maximum Gasteiger partial charge on any atom is 0.405 e. The summed E-state index contributed by atoms with van der Waals surface area (Å²) in [6.07, 6.45) is -3.68. The van der Waals surface area contributed by atoms with E-state index in [0.29, 0.717) is 29.1 Å². The molecular weight excluding hydrogens is 281 g/mol. The van der Waals surface area contributed by atoms with E-state index in [9.17, 15) is 13.2 Å². The zero-order valence-corrected chi connectivity index (χ0v) is 11.9. The highest BCUT2D eigenvalue weighted by Crippen LogP contribution is 2.28. The van der Waals surface area contributed by atoms with Gasteiger partial charge in [0.25, 0.3) is 0 Å². The van der Waals surface area contributed by atoms with Crippen molar-refractivity contribution >= 4 is 22.7 Å². The van der Waals surface area contributed by atoms with Gasteiger partial charge in [-0.05, 0) is 18.6 Å². The van der Waals surface area contributed by atoms with Crippen molar-refractivity contribution in [3.05, 3.63) is 24.3 Å². The quantitative estimate of drug-likeness (QED) is 0.918. The highest BCUT2D eigenvalue weighted by atomic mass is 19.4. The normalized spacial score (nSPS) is 11.7. The summed E-state index contributed by atoms with van der Waals surface area (Å²) in [5.74, 6) is 0.621. The van der Waals surface area contributed by atoms with Gasteiger partial charge in [-0.2, -0.15) is 18.2 Å². The van der Waals surface area contributed by atoms with Crippen LogP contribution in [0, 0.1) is 0 Å². The van der Waals surface area contributed by atoms with Crippen LogP contribution in [0.15, 0.2) is 24.3 Å². The molecule has 0 aliphatic carbocycles. The van der Waals surface area contributed by atoms with Gasteiger partial charge in [0.2, 0.25) is 5.95 Å². The van der Waals surface area contributed by atoms with E-state index < -0.39 is 12.7 Å². The lowest BCUT2D eigenvalue weighted by Gasteiger charge is -2.25. The van der Waals surface area contributed by atoms with Crippen molar-refractivity contribution in [1.82, 2.24) is 9.97 Å². The second kappa shape index (κ2) is 6.15. The maximum absolute atomic E-state index is 12.8. The molecular formula is C14H17F3N4. The number of nitrogens with zero attached hydrogens (tertiary/aromatic N) is 3. The molecule has 0 radical (unpaired) electrons. The van der Waals surface area contributed by atoms with E-state index in [2.05, 4.69) is 15.3 Å². The van der Waals surface area contributed by atoms with Crippen LogP contribution in [-0.4, -0.2) is 36.3 Å². The predicted molar refractivity (Wildman–Crippen MR) is 77.6 cm³/mol. The fourth-order valence-corrected chi connectivity index (χ4v) is 2.16. The molecule has 2 rings (SSSR count). The summed E-state index contributed by atoms with van der Waals surface area (Å²) in [4.78, 5) is 9.74. The van der Waals surface area contributed by atoms with Gasteiger partial charge in [-0.3, -0.25) is 0 Å². The van der Waals surface area contributed by atoms with Crippen molar-refractivity contribution in [3.8, 4) is 0 Å². The Morgan fingerprint density at radius 2 is 1.90 bits per heavy atom. The summed E-state index contributed by atoms with van der Waals surface area (Å²) in [5, 5.41) is 3.41. The SMILES string of the molecule is CCCN(CC(F)(F)F)c1nc(NC)nc2ccccc12. The Morgan fingerprint density at radius 1 is 1.19 bits per heavy atom. The Labute approximate surface area is 121 Å². The standard InChI is InChI=1S/C14H17F3N4/c1-3-8-21(9-14(15,16)17)12-10-6-4-5-7-11(10)19-13(18-2)20-12/h4-7H,3,8-9H2,1-2H3,(H,18,19,20). The topological polar surface area (TPSA) is 41.1 Å². The number of benzene rings is 1. The number of rotatable bonds is 5. The molecule has 0 saturated heterocycles. The van der Waals surface area contributed by atoms with Gasteiger partial charge in [0.15, 0.2) is 0 Å². The molecule has 0 unspecified atom stereocenters. The lowest BCUT2D eigenvalue weighted by molar-refractivity contribution is -0.119. The van der Waals surface area contributed by atoms with Crippen LogP contribution in [0.2, 0.25) is 0 Å². The summed E-state index contributed by atoms with van der Waals surface area (Å²) in [6, 6.07) is 7.07. The van der Waals surface area contributed by atoms with E-state index in [-0.39, 0.29) is 6.54 Å².